The molecule has 0 aliphatic carbocycles. The summed E-state index contributed by atoms with van der Waals surface area (Å²) in [5.74, 6) is 22.0. The monoisotopic (exact) mass is 250 g/mol. The van der Waals surface area contributed by atoms with Crippen LogP contribution in [0.25, 0.3) is 0 Å². The highest BCUT2D eigenvalue weighted by Gasteiger charge is 1.79. The van der Waals surface area contributed by atoms with Crippen molar-refractivity contribution in [1.29, 1.82) is 0 Å². The van der Waals surface area contributed by atoms with Crippen LogP contribution in [0, 0.1) is 47.4 Å². The Morgan fingerprint density at radius 3 is 1.15 bits per heavy atom. The topological polar surface area (TPSA) is 0 Å². The highest BCUT2D eigenvalue weighted by atomic mass is 13.8. The maximum absolute atomic E-state index is 2.93. The van der Waals surface area contributed by atoms with Gasteiger partial charge in [-0.05, 0) is 59.8 Å². The van der Waals surface area contributed by atoms with Gasteiger partial charge in [0, 0.05) is 11.1 Å². The Kier molecular flexibility index (Phi) is 5.18. The summed E-state index contributed by atoms with van der Waals surface area (Å²) >= 11 is 0. The smallest absolute Gasteiger partial charge is 0.0255 e. The van der Waals surface area contributed by atoms with Crippen LogP contribution in [0.15, 0.2) is 60.7 Å². The Morgan fingerprint density at radius 1 is 0.400 bits per heavy atom. The van der Waals surface area contributed by atoms with Gasteiger partial charge in [0.2, 0.25) is 0 Å². The van der Waals surface area contributed by atoms with Crippen LogP contribution in [-0.4, -0.2) is 0 Å². The summed E-state index contributed by atoms with van der Waals surface area (Å²) in [4.78, 5) is 0. The zero-order valence-corrected chi connectivity index (χ0v) is 10.8. The lowest BCUT2D eigenvalue weighted by Crippen LogP contribution is -1.69. The van der Waals surface area contributed by atoms with Crippen LogP contribution in [-0.2, 0) is 0 Å². The lowest BCUT2D eigenvalue weighted by atomic mass is 10.2. The Labute approximate surface area is 119 Å². The van der Waals surface area contributed by atoms with Gasteiger partial charge in [-0.25, -0.2) is 0 Å². The molecule has 0 bridgehead atoms. The number of rotatable bonds is 0. The van der Waals surface area contributed by atoms with E-state index in [0.717, 1.165) is 11.1 Å². The molecule has 20 heavy (non-hydrogen) atoms. The molecule has 0 aliphatic rings. The first-order valence-corrected chi connectivity index (χ1v) is 6.07. The standard InChI is InChI=1S/C20H10/c1(3-7-13-19-15-9-5-10-16-19)2-4-8-14-20-17-11-6-12-18-20/h5-6,9-12,15-18H. The summed E-state index contributed by atoms with van der Waals surface area (Å²) in [5.41, 5.74) is 1.89. The van der Waals surface area contributed by atoms with E-state index in [4.69, 9.17) is 0 Å². The van der Waals surface area contributed by atoms with Gasteiger partial charge in [0.15, 0.2) is 0 Å². The molecule has 0 amide bonds. The third kappa shape index (κ3) is 4.90. The van der Waals surface area contributed by atoms with Crippen LogP contribution in [0.2, 0.25) is 0 Å². The highest BCUT2D eigenvalue weighted by molar-refractivity contribution is 5.45. The summed E-state index contributed by atoms with van der Waals surface area (Å²) in [6, 6.07) is 19.4. The fourth-order valence-electron chi connectivity index (χ4n) is 1.37. The third-order valence-corrected chi connectivity index (χ3v) is 2.27. The molecule has 0 radical (unpaired) electrons. The molecule has 2 aromatic carbocycles. The minimum Gasteiger partial charge on any atom is -0.0622 e. The van der Waals surface area contributed by atoms with Crippen molar-refractivity contribution in [3.63, 3.8) is 0 Å². The van der Waals surface area contributed by atoms with Crippen molar-refractivity contribution in [3.8, 4) is 47.4 Å². The zero-order valence-electron chi connectivity index (χ0n) is 10.8. The van der Waals surface area contributed by atoms with Gasteiger partial charge in [0.25, 0.3) is 0 Å². The maximum Gasteiger partial charge on any atom is 0.0255 e. The Bertz CT molecular complexity index is 724. The number of hydrogen-bond donors (Lipinski definition) is 0. The second-order valence-corrected chi connectivity index (χ2v) is 3.73. The van der Waals surface area contributed by atoms with Crippen LogP contribution in [0.1, 0.15) is 11.1 Å². The van der Waals surface area contributed by atoms with Crippen LogP contribution in [0.3, 0.4) is 0 Å². The second kappa shape index (κ2) is 7.90. The normalized spacial score (nSPS) is 7.40. The van der Waals surface area contributed by atoms with Crippen molar-refractivity contribution >= 4 is 0 Å². The highest BCUT2D eigenvalue weighted by Crippen LogP contribution is 1.94. The Morgan fingerprint density at radius 2 is 0.750 bits per heavy atom. The summed E-state index contributed by atoms with van der Waals surface area (Å²) in [5, 5.41) is 0. The molecule has 0 unspecified atom stereocenters. The minimum atomic E-state index is 0.943. The molecule has 0 heteroatoms. The summed E-state index contributed by atoms with van der Waals surface area (Å²) in [6.07, 6.45) is 0. The fraction of sp³-hybridized carbons (Fsp3) is 0. The van der Waals surface area contributed by atoms with Crippen molar-refractivity contribution in [1.82, 2.24) is 0 Å². The minimum absolute atomic E-state index is 0.943. The predicted octanol–water partition coefficient (Wildman–Crippen LogP) is 3.10. The molecule has 0 N–H and O–H groups in total. The van der Waals surface area contributed by atoms with Crippen molar-refractivity contribution < 1.29 is 0 Å². The molecular formula is C20H10. The van der Waals surface area contributed by atoms with Gasteiger partial charge in [-0.2, -0.15) is 0 Å². The van der Waals surface area contributed by atoms with Crippen molar-refractivity contribution in [3.05, 3.63) is 71.8 Å². The first-order valence-electron chi connectivity index (χ1n) is 6.07. The molecule has 2 rings (SSSR count). The molecular weight excluding hydrogens is 240 g/mol. The van der Waals surface area contributed by atoms with Crippen LogP contribution in [0.5, 0.6) is 0 Å². The van der Waals surface area contributed by atoms with E-state index in [9.17, 15) is 0 Å². The number of hydrogen-bond acceptors (Lipinski definition) is 0. The first-order chi connectivity index (χ1) is 9.95. The average molecular weight is 250 g/mol. The van der Waals surface area contributed by atoms with E-state index in [1.165, 1.54) is 0 Å². The van der Waals surface area contributed by atoms with Gasteiger partial charge in [0.1, 0.15) is 0 Å². The van der Waals surface area contributed by atoms with E-state index >= 15 is 0 Å². The first kappa shape index (κ1) is 13.1. The van der Waals surface area contributed by atoms with Crippen LogP contribution < -0.4 is 0 Å². The lowest BCUT2D eigenvalue weighted by molar-refractivity contribution is 1.65. The van der Waals surface area contributed by atoms with Gasteiger partial charge in [0.05, 0.1) is 0 Å². The maximum atomic E-state index is 2.93. The molecule has 0 heterocycles. The molecule has 0 nitrogen and oxygen atoms in total. The molecule has 0 aromatic heterocycles. The van der Waals surface area contributed by atoms with Crippen LogP contribution in [0.4, 0.5) is 0 Å². The van der Waals surface area contributed by atoms with Gasteiger partial charge in [-0.1, -0.05) is 48.2 Å². The lowest BCUT2D eigenvalue weighted by Gasteiger charge is -1.83. The van der Waals surface area contributed by atoms with E-state index in [1.807, 2.05) is 60.7 Å². The molecule has 2 aromatic rings. The summed E-state index contributed by atoms with van der Waals surface area (Å²) in [6.45, 7) is 0. The van der Waals surface area contributed by atoms with E-state index in [-0.39, 0.29) is 0 Å². The third-order valence-electron chi connectivity index (χ3n) is 2.27. The SMILES string of the molecule is C(C#CC#Cc1ccccc1)#CC#Cc1ccccc1. The second-order valence-electron chi connectivity index (χ2n) is 3.73. The molecule has 0 fully saturated rings. The number of benzene rings is 2. The Balaban J connectivity index is 1.92. The van der Waals surface area contributed by atoms with E-state index in [2.05, 4.69) is 47.4 Å². The summed E-state index contributed by atoms with van der Waals surface area (Å²) in [7, 11) is 0. The van der Waals surface area contributed by atoms with Gasteiger partial charge in [-0.15, -0.1) is 0 Å². The molecule has 0 saturated heterocycles. The van der Waals surface area contributed by atoms with Crippen molar-refractivity contribution in [2.45, 2.75) is 0 Å². The van der Waals surface area contributed by atoms with Gasteiger partial charge < -0.3 is 0 Å². The largest absolute Gasteiger partial charge is 0.0622 e. The molecule has 0 aliphatic heterocycles. The fourth-order valence-corrected chi connectivity index (χ4v) is 1.37. The van der Waals surface area contributed by atoms with Gasteiger partial charge in [-0.3, -0.25) is 0 Å². The van der Waals surface area contributed by atoms with Gasteiger partial charge >= 0.3 is 0 Å². The molecule has 0 spiro atoms. The summed E-state index contributed by atoms with van der Waals surface area (Å²) < 4.78 is 0. The van der Waals surface area contributed by atoms with Crippen molar-refractivity contribution in [2.75, 3.05) is 0 Å². The Hall–Kier alpha value is -3.32. The van der Waals surface area contributed by atoms with E-state index in [0.29, 0.717) is 0 Å². The van der Waals surface area contributed by atoms with Crippen molar-refractivity contribution in [2.24, 2.45) is 0 Å². The van der Waals surface area contributed by atoms with E-state index < -0.39 is 0 Å². The predicted molar refractivity (Wildman–Crippen MR) is 82.2 cm³/mol. The molecule has 0 atom stereocenters. The molecule has 0 saturated carbocycles. The van der Waals surface area contributed by atoms with Crippen LogP contribution >= 0.6 is 0 Å². The zero-order chi connectivity index (χ0) is 13.9. The van der Waals surface area contributed by atoms with E-state index in [1.54, 1.807) is 0 Å². The quantitative estimate of drug-likeness (QED) is 0.630. The average Bonchev–Trinajstić information content (AvgIpc) is 2.52. The molecule has 90 valence electrons.